The van der Waals surface area contributed by atoms with Gasteiger partial charge in [0.1, 0.15) is 6.10 Å². The number of hydrogen-bond acceptors (Lipinski definition) is 4. The molecule has 0 spiro atoms. The maximum absolute atomic E-state index is 12.7. The maximum Gasteiger partial charge on any atom is 0.338 e. The van der Waals surface area contributed by atoms with Crippen LogP contribution in [0.15, 0.2) is 53.4 Å². The third-order valence-electron chi connectivity index (χ3n) is 5.10. The number of esters is 1. The average Bonchev–Trinajstić information content (AvgIpc) is 3.33. The minimum Gasteiger partial charge on any atom is -0.454 e. The van der Waals surface area contributed by atoms with Crippen molar-refractivity contribution in [2.75, 3.05) is 13.1 Å². The zero-order valence-electron chi connectivity index (χ0n) is 14.4. The number of nitrogens with zero attached hydrogens (tertiary/aromatic N) is 1. The zero-order chi connectivity index (χ0) is 18.1. The van der Waals surface area contributed by atoms with Crippen LogP contribution in [0.2, 0.25) is 0 Å². The molecule has 1 atom stereocenters. The van der Waals surface area contributed by atoms with Gasteiger partial charge in [-0.1, -0.05) is 30.3 Å². The second-order valence-corrected chi connectivity index (χ2v) is 8.71. The highest BCUT2D eigenvalue weighted by molar-refractivity contribution is 7.89. The molecule has 1 aliphatic carbocycles. The molecular weight excluding hydrogens is 350 g/mol. The standard InChI is InChI=1S/C20H21NO4S/c22-20(25-19-11-10-15-6-1-2-9-18(15)19)16-7-5-8-17(14-16)26(23,24)21-12-3-4-13-21/h1-2,5-9,14,19H,3-4,10-13H2/t19-/m0/s1. The number of carbonyl (C=O) groups excluding carboxylic acids is 1. The van der Waals surface area contributed by atoms with E-state index >= 15 is 0 Å². The molecule has 1 saturated heterocycles. The van der Waals surface area contributed by atoms with E-state index in [9.17, 15) is 13.2 Å². The van der Waals surface area contributed by atoms with Gasteiger partial charge in [-0.2, -0.15) is 4.31 Å². The lowest BCUT2D eigenvalue weighted by Crippen LogP contribution is -2.28. The van der Waals surface area contributed by atoms with Crippen LogP contribution in [0.1, 0.15) is 46.9 Å². The van der Waals surface area contributed by atoms with Crippen molar-refractivity contribution in [1.82, 2.24) is 4.31 Å². The third-order valence-corrected chi connectivity index (χ3v) is 6.99. The number of hydrogen-bond donors (Lipinski definition) is 0. The summed E-state index contributed by atoms with van der Waals surface area (Å²) in [4.78, 5) is 12.7. The van der Waals surface area contributed by atoms with Crippen molar-refractivity contribution in [1.29, 1.82) is 0 Å². The van der Waals surface area contributed by atoms with Crippen LogP contribution in [-0.2, 0) is 21.2 Å². The van der Waals surface area contributed by atoms with Crippen LogP contribution in [0.3, 0.4) is 0 Å². The topological polar surface area (TPSA) is 63.7 Å². The highest BCUT2D eigenvalue weighted by atomic mass is 32.2. The molecule has 2 aliphatic rings. The number of fused-ring (bicyclic) bond motifs is 1. The SMILES string of the molecule is O=C(O[C@H]1CCc2ccccc21)c1cccc(S(=O)(=O)N2CCCC2)c1. The van der Waals surface area contributed by atoms with Gasteiger partial charge in [0.05, 0.1) is 10.5 Å². The van der Waals surface area contributed by atoms with Crippen LogP contribution in [0.5, 0.6) is 0 Å². The summed E-state index contributed by atoms with van der Waals surface area (Å²) in [6, 6.07) is 14.1. The summed E-state index contributed by atoms with van der Waals surface area (Å²) < 4.78 is 32.5. The Kier molecular flexibility index (Phi) is 4.54. The van der Waals surface area contributed by atoms with Gasteiger partial charge < -0.3 is 4.74 Å². The van der Waals surface area contributed by atoms with Crippen LogP contribution >= 0.6 is 0 Å². The van der Waals surface area contributed by atoms with Crippen molar-refractivity contribution in [3.63, 3.8) is 0 Å². The lowest BCUT2D eigenvalue weighted by molar-refractivity contribution is 0.0301. The summed E-state index contributed by atoms with van der Waals surface area (Å²) >= 11 is 0. The lowest BCUT2D eigenvalue weighted by atomic mass is 10.1. The van der Waals surface area contributed by atoms with E-state index in [-0.39, 0.29) is 16.6 Å². The Hall–Kier alpha value is -2.18. The van der Waals surface area contributed by atoms with E-state index in [1.165, 1.54) is 22.0 Å². The first-order valence-electron chi connectivity index (χ1n) is 8.95. The van der Waals surface area contributed by atoms with Crippen LogP contribution in [0, 0.1) is 0 Å². The van der Waals surface area contributed by atoms with Crippen LogP contribution in [-0.4, -0.2) is 31.8 Å². The van der Waals surface area contributed by atoms with Gasteiger partial charge in [0.2, 0.25) is 10.0 Å². The van der Waals surface area contributed by atoms with Crippen molar-refractivity contribution in [3.8, 4) is 0 Å². The molecule has 1 heterocycles. The summed E-state index contributed by atoms with van der Waals surface area (Å²) in [5.74, 6) is -0.481. The number of carbonyl (C=O) groups is 1. The molecule has 0 bridgehead atoms. The third kappa shape index (κ3) is 3.15. The summed E-state index contributed by atoms with van der Waals surface area (Å²) in [5, 5.41) is 0. The molecule has 2 aromatic carbocycles. The van der Waals surface area contributed by atoms with Gasteiger partial charge in [-0.3, -0.25) is 0 Å². The molecule has 0 amide bonds. The molecule has 6 heteroatoms. The Morgan fingerprint density at radius 3 is 2.62 bits per heavy atom. The van der Waals surface area contributed by atoms with E-state index in [2.05, 4.69) is 0 Å². The van der Waals surface area contributed by atoms with E-state index in [4.69, 9.17) is 4.74 Å². The monoisotopic (exact) mass is 371 g/mol. The fraction of sp³-hybridized carbons (Fsp3) is 0.350. The van der Waals surface area contributed by atoms with Crippen LogP contribution in [0.25, 0.3) is 0 Å². The molecule has 4 rings (SSSR count). The smallest absolute Gasteiger partial charge is 0.338 e. The summed E-state index contributed by atoms with van der Waals surface area (Å²) in [5.41, 5.74) is 2.52. The van der Waals surface area contributed by atoms with Gasteiger partial charge in [-0.05, 0) is 55.0 Å². The van der Waals surface area contributed by atoms with Crippen molar-refractivity contribution in [3.05, 3.63) is 65.2 Å². The summed E-state index contributed by atoms with van der Waals surface area (Å²) in [6.45, 7) is 1.08. The van der Waals surface area contributed by atoms with Gasteiger partial charge in [-0.25, -0.2) is 13.2 Å². The van der Waals surface area contributed by atoms with Crippen molar-refractivity contribution < 1.29 is 17.9 Å². The highest BCUT2D eigenvalue weighted by Gasteiger charge is 2.29. The Morgan fingerprint density at radius 2 is 1.81 bits per heavy atom. The number of ether oxygens (including phenoxy) is 1. The summed E-state index contributed by atoms with van der Waals surface area (Å²) in [7, 11) is -3.55. The fourth-order valence-electron chi connectivity index (χ4n) is 3.70. The van der Waals surface area contributed by atoms with Gasteiger partial charge in [0.25, 0.3) is 0 Å². The number of rotatable bonds is 4. The molecule has 0 N–H and O–H groups in total. The number of aryl methyl sites for hydroxylation is 1. The molecule has 2 aromatic rings. The van der Waals surface area contributed by atoms with E-state index in [0.717, 1.165) is 31.2 Å². The molecule has 26 heavy (non-hydrogen) atoms. The van der Waals surface area contributed by atoms with Crippen LogP contribution in [0.4, 0.5) is 0 Å². The second kappa shape index (κ2) is 6.85. The molecule has 0 aromatic heterocycles. The Bertz CT molecular complexity index is 932. The first-order chi connectivity index (χ1) is 12.6. The molecule has 0 saturated carbocycles. The van der Waals surface area contributed by atoms with Gasteiger partial charge >= 0.3 is 5.97 Å². The molecule has 5 nitrogen and oxygen atoms in total. The average molecular weight is 371 g/mol. The van der Waals surface area contributed by atoms with Gasteiger partial charge in [-0.15, -0.1) is 0 Å². The van der Waals surface area contributed by atoms with Crippen molar-refractivity contribution in [2.24, 2.45) is 0 Å². The molecule has 0 unspecified atom stereocenters. The predicted octanol–water partition coefficient (Wildman–Crippen LogP) is 3.32. The predicted molar refractivity (Wildman–Crippen MR) is 97.4 cm³/mol. The largest absolute Gasteiger partial charge is 0.454 e. The molecule has 1 fully saturated rings. The van der Waals surface area contributed by atoms with Crippen LogP contribution < -0.4 is 0 Å². The lowest BCUT2D eigenvalue weighted by Gasteiger charge is -2.17. The highest BCUT2D eigenvalue weighted by Crippen LogP contribution is 2.34. The number of sulfonamides is 1. The minimum atomic E-state index is -3.55. The Labute approximate surface area is 153 Å². The quantitative estimate of drug-likeness (QED) is 0.774. The molecular formula is C20H21NO4S. The Balaban J connectivity index is 1.54. The zero-order valence-corrected chi connectivity index (χ0v) is 15.2. The number of benzene rings is 2. The molecule has 0 radical (unpaired) electrons. The first-order valence-corrected chi connectivity index (χ1v) is 10.4. The summed E-state index contributed by atoms with van der Waals surface area (Å²) in [6.07, 6.45) is 3.14. The van der Waals surface area contributed by atoms with E-state index in [0.29, 0.717) is 13.1 Å². The van der Waals surface area contributed by atoms with Gasteiger partial charge in [0.15, 0.2) is 0 Å². The maximum atomic E-state index is 12.7. The fourth-order valence-corrected chi connectivity index (χ4v) is 5.26. The van der Waals surface area contributed by atoms with Crippen molar-refractivity contribution >= 4 is 16.0 Å². The molecule has 1 aliphatic heterocycles. The van der Waals surface area contributed by atoms with E-state index < -0.39 is 16.0 Å². The normalized spacial score (nSPS) is 20.1. The van der Waals surface area contributed by atoms with Crippen molar-refractivity contribution in [2.45, 2.75) is 36.7 Å². The van der Waals surface area contributed by atoms with Gasteiger partial charge in [0, 0.05) is 13.1 Å². The first kappa shape index (κ1) is 17.2. The van der Waals surface area contributed by atoms with E-state index in [1.807, 2.05) is 24.3 Å². The van der Waals surface area contributed by atoms with E-state index in [1.54, 1.807) is 12.1 Å². The minimum absolute atomic E-state index is 0.153. The second-order valence-electron chi connectivity index (χ2n) is 6.77. The Morgan fingerprint density at radius 1 is 1.04 bits per heavy atom. The molecule has 136 valence electrons.